The first-order chi connectivity index (χ1) is 9.16. The van der Waals surface area contributed by atoms with Gasteiger partial charge in [-0.05, 0) is 25.3 Å². The van der Waals surface area contributed by atoms with Crippen molar-refractivity contribution in [2.24, 2.45) is 0 Å². The Hall–Kier alpha value is -1.85. The molecule has 0 aromatic rings. The molecule has 6 nitrogen and oxygen atoms in total. The molecule has 0 aromatic carbocycles. The van der Waals surface area contributed by atoms with Gasteiger partial charge in [-0.25, -0.2) is 4.79 Å². The maximum atomic E-state index is 11.5. The summed E-state index contributed by atoms with van der Waals surface area (Å²) in [6.45, 7) is 0. The molecule has 0 unspecified atom stereocenters. The van der Waals surface area contributed by atoms with E-state index in [1.54, 1.807) is 0 Å². The molecular formula is C13H17NO5. The number of ether oxygens (including phenoxy) is 1. The molecule has 6 heteroatoms. The molecule has 0 bridgehead atoms. The van der Waals surface area contributed by atoms with Crippen molar-refractivity contribution in [3.63, 3.8) is 0 Å². The Morgan fingerprint density at radius 2 is 1.68 bits per heavy atom. The largest absolute Gasteiger partial charge is 0.539 e. The fourth-order valence-corrected chi connectivity index (χ4v) is 2.11. The van der Waals surface area contributed by atoms with E-state index < -0.39 is 18.0 Å². The van der Waals surface area contributed by atoms with Gasteiger partial charge in [0.05, 0.1) is 0 Å². The highest BCUT2D eigenvalue weighted by molar-refractivity contribution is 6.01. The van der Waals surface area contributed by atoms with Gasteiger partial charge in [0.25, 0.3) is 11.8 Å². The zero-order valence-electron chi connectivity index (χ0n) is 10.7. The Balaban J connectivity index is 1.86. The molecule has 0 radical (unpaired) electrons. The molecule has 0 atom stereocenters. The lowest BCUT2D eigenvalue weighted by Gasteiger charge is -2.14. The number of imide groups is 1. The Bertz CT molecular complexity index is 399. The van der Waals surface area contributed by atoms with Crippen LogP contribution in [0.3, 0.4) is 0 Å². The molecule has 0 aromatic heterocycles. The highest BCUT2D eigenvalue weighted by Gasteiger charge is 2.33. The van der Waals surface area contributed by atoms with Crippen molar-refractivity contribution in [1.82, 2.24) is 5.06 Å². The summed E-state index contributed by atoms with van der Waals surface area (Å²) in [6.07, 6.45) is 6.88. The molecule has 2 rings (SSSR count). The van der Waals surface area contributed by atoms with Gasteiger partial charge in [-0.1, -0.05) is 17.9 Å². The Labute approximate surface area is 111 Å². The molecule has 1 aliphatic carbocycles. The van der Waals surface area contributed by atoms with Crippen molar-refractivity contribution in [3.8, 4) is 0 Å². The summed E-state index contributed by atoms with van der Waals surface area (Å²) in [5.41, 5.74) is 0. The normalized spacial score (nSPS) is 23.4. The highest BCUT2D eigenvalue weighted by atomic mass is 16.8. The molecule has 1 aliphatic heterocycles. The van der Waals surface area contributed by atoms with Crippen molar-refractivity contribution in [1.29, 1.82) is 0 Å². The number of hydroxylamine groups is 2. The monoisotopic (exact) mass is 267 g/mol. The zero-order chi connectivity index (χ0) is 13.7. The van der Waals surface area contributed by atoms with E-state index in [0.717, 1.165) is 25.7 Å². The SMILES string of the molecule is O=C(O/C1=C/CCCCCC1)ON1C(=O)CCC1=O. The maximum absolute atomic E-state index is 11.5. The van der Waals surface area contributed by atoms with Crippen molar-refractivity contribution in [3.05, 3.63) is 11.8 Å². The second-order valence-corrected chi connectivity index (χ2v) is 4.65. The highest BCUT2D eigenvalue weighted by Crippen LogP contribution is 2.19. The molecule has 2 aliphatic rings. The zero-order valence-corrected chi connectivity index (χ0v) is 10.7. The van der Waals surface area contributed by atoms with E-state index in [4.69, 9.17) is 4.74 Å². The van der Waals surface area contributed by atoms with Crippen LogP contribution in [0.5, 0.6) is 0 Å². The molecule has 0 spiro atoms. The third kappa shape index (κ3) is 3.81. The van der Waals surface area contributed by atoms with E-state index in [1.807, 2.05) is 6.08 Å². The minimum Gasteiger partial charge on any atom is -0.398 e. The van der Waals surface area contributed by atoms with Crippen molar-refractivity contribution in [2.75, 3.05) is 0 Å². The Kier molecular flexibility index (Phi) is 4.54. The van der Waals surface area contributed by atoms with Gasteiger partial charge in [-0.3, -0.25) is 14.4 Å². The summed E-state index contributed by atoms with van der Waals surface area (Å²) in [4.78, 5) is 38.7. The number of amides is 2. The van der Waals surface area contributed by atoms with Gasteiger partial charge in [-0.15, -0.1) is 0 Å². The molecule has 1 fully saturated rings. The third-order valence-corrected chi connectivity index (χ3v) is 3.14. The summed E-state index contributed by atoms with van der Waals surface area (Å²) in [5.74, 6) is -0.453. The van der Waals surface area contributed by atoms with E-state index in [2.05, 4.69) is 4.84 Å². The lowest BCUT2D eigenvalue weighted by molar-refractivity contribution is -0.176. The number of nitrogens with zero attached hydrogens (tertiary/aromatic N) is 1. The minimum atomic E-state index is -1.02. The van der Waals surface area contributed by atoms with Crippen LogP contribution in [0, 0.1) is 0 Å². The molecular weight excluding hydrogens is 250 g/mol. The first-order valence-corrected chi connectivity index (χ1v) is 6.61. The summed E-state index contributed by atoms with van der Waals surface area (Å²) in [6, 6.07) is 0. The van der Waals surface area contributed by atoms with E-state index in [0.29, 0.717) is 17.2 Å². The van der Waals surface area contributed by atoms with Gasteiger partial charge in [0.2, 0.25) is 0 Å². The van der Waals surface area contributed by atoms with Gasteiger partial charge in [0.1, 0.15) is 5.76 Å². The first kappa shape index (κ1) is 13.6. The van der Waals surface area contributed by atoms with E-state index in [-0.39, 0.29) is 12.8 Å². The van der Waals surface area contributed by atoms with Gasteiger partial charge in [0.15, 0.2) is 0 Å². The minimum absolute atomic E-state index is 0.0782. The van der Waals surface area contributed by atoms with Crippen LogP contribution >= 0.6 is 0 Å². The average Bonchev–Trinajstić information content (AvgIpc) is 2.64. The predicted molar refractivity (Wildman–Crippen MR) is 64.4 cm³/mol. The van der Waals surface area contributed by atoms with Crippen molar-refractivity contribution in [2.45, 2.75) is 51.4 Å². The van der Waals surface area contributed by atoms with Crippen LogP contribution in [-0.2, 0) is 19.2 Å². The average molecular weight is 267 g/mol. The second kappa shape index (κ2) is 6.36. The van der Waals surface area contributed by atoms with Crippen LogP contribution in [0.1, 0.15) is 51.4 Å². The maximum Gasteiger partial charge on any atom is 0.539 e. The standard InChI is InChI=1S/C13H17NO5/c15-11-8-9-12(16)14(11)19-13(17)18-10-6-4-2-1-3-5-7-10/h6H,1-5,7-9H2/b10-6+. The van der Waals surface area contributed by atoms with Crippen LogP contribution in [-0.4, -0.2) is 23.0 Å². The topological polar surface area (TPSA) is 72.9 Å². The Morgan fingerprint density at radius 1 is 1.00 bits per heavy atom. The molecule has 19 heavy (non-hydrogen) atoms. The smallest absolute Gasteiger partial charge is 0.398 e. The van der Waals surface area contributed by atoms with E-state index in [1.165, 1.54) is 6.42 Å². The van der Waals surface area contributed by atoms with Crippen LogP contribution in [0.15, 0.2) is 11.8 Å². The van der Waals surface area contributed by atoms with E-state index in [9.17, 15) is 14.4 Å². The van der Waals surface area contributed by atoms with Gasteiger partial charge in [0, 0.05) is 19.3 Å². The van der Waals surface area contributed by atoms with Crippen LogP contribution < -0.4 is 0 Å². The molecule has 0 N–H and O–H groups in total. The number of hydrogen-bond donors (Lipinski definition) is 0. The summed E-state index contributed by atoms with van der Waals surface area (Å²) in [5, 5.41) is 0.492. The molecule has 1 saturated heterocycles. The lowest BCUT2D eigenvalue weighted by atomic mass is 10.1. The van der Waals surface area contributed by atoms with Crippen LogP contribution in [0.4, 0.5) is 4.79 Å². The number of carbonyl (C=O) groups excluding carboxylic acids is 3. The second-order valence-electron chi connectivity index (χ2n) is 4.65. The Morgan fingerprint density at radius 3 is 2.42 bits per heavy atom. The third-order valence-electron chi connectivity index (χ3n) is 3.14. The first-order valence-electron chi connectivity index (χ1n) is 6.61. The van der Waals surface area contributed by atoms with Gasteiger partial charge < -0.3 is 4.74 Å². The quantitative estimate of drug-likeness (QED) is 0.567. The van der Waals surface area contributed by atoms with Crippen molar-refractivity contribution < 1.29 is 24.0 Å². The van der Waals surface area contributed by atoms with Gasteiger partial charge in [-0.2, -0.15) is 0 Å². The van der Waals surface area contributed by atoms with Crippen LogP contribution in [0.2, 0.25) is 0 Å². The molecule has 1 heterocycles. The molecule has 2 amide bonds. The number of allylic oxidation sites excluding steroid dienone is 2. The summed E-state index contributed by atoms with van der Waals surface area (Å²) in [7, 11) is 0. The number of carbonyl (C=O) groups is 3. The van der Waals surface area contributed by atoms with Crippen molar-refractivity contribution >= 4 is 18.0 Å². The van der Waals surface area contributed by atoms with Gasteiger partial charge >= 0.3 is 6.16 Å². The number of hydrogen-bond acceptors (Lipinski definition) is 5. The number of rotatable bonds is 2. The lowest BCUT2D eigenvalue weighted by Crippen LogP contribution is -2.32. The summed E-state index contributed by atoms with van der Waals surface area (Å²) >= 11 is 0. The molecule has 104 valence electrons. The molecule has 0 saturated carbocycles. The summed E-state index contributed by atoms with van der Waals surface area (Å²) < 4.78 is 5.04. The van der Waals surface area contributed by atoms with E-state index >= 15 is 0 Å². The predicted octanol–water partition coefficient (Wildman–Crippen LogP) is 2.44. The van der Waals surface area contributed by atoms with Crippen LogP contribution in [0.25, 0.3) is 0 Å². The fraction of sp³-hybridized carbons (Fsp3) is 0.615. The fourth-order valence-electron chi connectivity index (χ4n) is 2.11.